The first-order valence-electron chi connectivity index (χ1n) is 6.04. The van der Waals surface area contributed by atoms with Gasteiger partial charge >= 0.3 is 18.3 Å². The van der Waals surface area contributed by atoms with Crippen molar-refractivity contribution in [3.05, 3.63) is 29.3 Å². The molecule has 0 amide bonds. The van der Waals surface area contributed by atoms with E-state index in [0.717, 1.165) is 13.0 Å². The molecule has 0 aliphatic rings. The van der Waals surface area contributed by atoms with E-state index in [1.165, 1.54) is 6.07 Å². The molecule has 0 unspecified atom stereocenters. The van der Waals surface area contributed by atoms with Crippen LogP contribution in [0.5, 0.6) is 0 Å². The summed E-state index contributed by atoms with van der Waals surface area (Å²) in [6.07, 6.45) is -9.78. The first-order chi connectivity index (χ1) is 10.4. The Hall–Kier alpha value is -2.44. The highest BCUT2D eigenvalue weighted by atomic mass is 19.4. The van der Waals surface area contributed by atoms with Crippen molar-refractivity contribution in [2.45, 2.75) is 25.3 Å². The van der Waals surface area contributed by atoms with E-state index in [1.54, 1.807) is 0 Å². The Morgan fingerprint density at radius 1 is 1.30 bits per heavy atom. The van der Waals surface area contributed by atoms with Gasteiger partial charge in [0.1, 0.15) is 12.6 Å². The summed E-state index contributed by atoms with van der Waals surface area (Å²) in [5.74, 6) is -1.63. The van der Waals surface area contributed by atoms with Gasteiger partial charge in [-0.2, -0.15) is 31.6 Å². The van der Waals surface area contributed by atoms with Gasteiger partial charge in [-0.1, -0.05) is 0 Å². The molecular weight excluding hydrogens is 330 g/mol. The lowest BCUT2D eigenvalue weighted by molar-refractivity contribution is -0.140. The number of nitrogens with zero attached hydrogens (tertiary/aromatic N) is 2. The van der Waals surface area contributed by atoms with Gasteiger partial charge in [0.05, 0.1) is 17.2 Å². The minimum Gasteiger partial charge on any atom is -0.480 e. The van der Waals surface area contributed by atoms with Crippen molar-refractivity contribution in [1.82, 2.24) is 0 Å². The van der Waals surface area contributed by atoms with Crippen LogP contribution in [-0.2, 0) is 11.0 Å². The summed E-state index contributed by atoms with van der Waals surface area (Å²) in [7, 11) is 0. The van der Waals surface area contributed by atoms with Crippen molar-refractivity contribution >= 4 is 11.7 Å². The lowest BCUT2D eigenvalue weighted by Crippen LogP contribution is -2.44. The molecule has 0 aromatic heterocycles. The molecule has 1 aromatic carbocycles. The number of hydrogen-bond donors (Lipinski definition) is 1. The summed E-state index contributed by atoms with van der Waals surface area (Å²) >= 11 is 0. The summed E-state index contributed by atoms with van der Waals surface area (Å²) in [6.45, 7) is -0.830. The molecule has 0 aliphatic heterocycles. The smallest absolute Gasteiger partial charge is 0.417 e. The van der Waals surface area contributed by atoms with Crippen molar-refractivity contribution in [1.29, 1.82) is 5.26 Å². The van der Waals surface area contributed by atoms with Crippen molar-refractivity contribution in [2.75, 3.05) is 11.4 Å². The molecule has 0 aliphatic carbocycles. The van der Waals surface area contributed by atoms with Gasteiger partial charge in [0.25, 0.3) is 0 Å². The third-order valence-electron chi connectivity index (χ3n) is 2.94. The van der Waals surface area contributed by atoms with Crippen LogP contribution in [0.25, 0.3) is 0 Å². The zero-order chi connectivity index (χ0) is 18.0. The summed E-state index contributed by atoms with van der Waals surface area (Å²) in [5, 5.41) is 17.5. The molecular formula is C13H10F6N2O2. The number of carboxylic acid groups (broad SMARTS) is 1. The lowest BCUT2D eigenvalue weighted by atomic mass is 10.1. The molecule has 0 spiro atoms. The van der Waals surface area contributed by atoms with Crippen molar-refractivity contribution < 1.29 is 36.2 Å². The van der Waals surface area contributed by atoms with Crippen LogP contribution in [0.15, 0.2) is 18.2 Å². The van der Waals surface area contributed by atoms with Crippen LogP contribution in [0.3, 0.4) is 0 Å². The molecule has 0 saturated carbocycles. The Morgan fingerprint density at radius 2 is 1.87 bits per heavy atom. The maximum absolute atomic E-state index is 12.9. The average Bonchev–Trinajstić information content (AvgIpc) is 2.41. The highest BCUT2D eigenvalue weighted by Gasteiger charge is 2.38. The fourth-order valence-corrected chi connectivity index (χ4v) is 1.82. The van der Waals surface area contributed by atoms with E-state index in [4.69, 9.17) is 10.4 Å². The number of benzene rings is 1. The predicted octanol–water partition coefficient (Wildman–Crippen LogP) is 3.42. The zero-order valence-electron chi connectivity index (χ0n) is 11.5. The van der Waals surface area contributed by atoms with Gasteiger partial charge < -0.3 is 10.0 Å². The third-order valence-corrected chi connectivity index (χ3v) is 2.94. The standard InChI is InChI=1S/C13H10F6N2O2/c1-7(11(22)23)21(6-12(14,15)16)9-3-2-8(5-20)10(4-9)13(17,18)19/h2-4,7H,6H2,1H3,(H,22,23)/t7-/m0/s1. The number of alkyl halides is 6. The molecule has 0 heterocycles. The van der Waals surface area contributed by atoms with Crippen LogP contribution in [0.1, 0.15) is 18.1 Å². The zero-order valence-corrected chi connectivity index (χ0v) is 11.5. The SMILES string of the molecule is C[C@@H](C(=O)O)N(CC(F)(F)F)c1ccc(C#N)c(C(F)(F)F)c1. The summed E-state index contributed by atoms with van der Waals surface area (Å²) in [4.78, 5) is 11.2. The van der Waals surface area contributed by atoms with Crippen LogP contribution in [-0.4, -0.2) is 29.8 Å². The first kappa shape index (κ1) is 18.6. The number of rotatable bonds is 4. The van der Waals surface area contributed by atoms with Gasteiger partial charge in [0.2, 0.25) is 0 Å². The van der Waals surface area contributed by atoms with Gasteiger partial charge in [-0.25, -0.2) is 4.79 Å². The molecule has 1 N–H and O–H groups in total. The number of carboxylic acids is 1. The number of anilines is 1. The molecule has 0 bridgehead atoms. The normalized spacial score (nSPS) is 13.3. The number of aliphatic carboxylic acids is 1. The minimum absolute atomic E-state index is 0.277. The quantitative estimate of drug-likeness (QED) is 0.853. The van der Waals surface area contributed by atoms with Crippen molar-refractivity contribution in [2.24, 2.45) is 0 Å². The van der Waals surface area contributed by atoms with Crippen molar-refractivity contribution in [3.8, 4) is 6.07 Å². The molecule has 4 nitrogen and oxygen atoms in total. The Balaban J connectivity index is 3.43. The minimum atomic E-state index is -4.96. The molecule has 0 radical (unpaired) electrons. The third kappa shape index (κ3) is 4.77. The number of nitriles is 1. The molecule has 126 valence electrons. The number of halogens is 6. The summed E-state index contributed by atoms with van der Waals surface area (Å²) in [5.41, 5.74) is -2.79. The van der Waals surface area contributed by atoms with E-state index in [-0.39, 0.29) is 4.90 Å². The first-order valence-corrected chi connectivity index (χ1v) is 6.04. The Bertz CT molecular complexity index is 633. The second kappa shape index (κ2) is 6.36. The maximum Gasteiger partial charge on any atom is 0.417 e. The molecule has 1 rings (SSSR count). The molecule has 1 aromatic rings. The van der Waals surface area contributed by atoms with Crippen LogP contribution in [0.4, 0.5) is 32.0 Å². The van der Waals surface area contributed by atoms with Crippen LogP contribution >= 0.6 is 0 Å². The largest absolute Gasteiger partial charge is 0.480 e. The molecule has 0 saturated heterocycles. The predicted molar refractivity (Wildman–Crippen MR) is 66.7 cm³/mol. The topological polar surface area (TPSA) is 64.3 Å². The Morgan fingerprint density at radius 3 is 2.26 bits per heavy atom. The fraction of sp³-hybridized carbons (Fsp3) is 0.385. The molecule has 0 fully saturated rings. The number of carbonyl (C=O) groups is 1. The van der Waals surface area contributed by atoms with Crippen LogP contribution in [0.2, 0.25) is 0 Å². The van der Waals surface area contributed by atoms with E-state index in [1.807, 2.05) is 0 Å². The van der Waals surface area contributed by atoms with Gasteiger partial charge in [-0.05, 0) is 25.1 Å². The molecule has 1 atom stereocenters. The van der Waals surface area contributed by atoms with E-state index < -0.39 is 47.7 Å². The van der Waals surface area contributed by atoms with E-state index in [9.17, 15) is 31.1 Å². The van der Waals surface area contributed by atoms with E-state index in [2.05, 4.69) is 0 Å². The Labute approximate surface area is 126 Å². The van der Waals surface area contributed by atoms with Gasteiger partial charge in [0, 0.05) is 5.69 Å². The lowest BCUT2D eigenvalue weighted by Gasteiger charge is -2.30. The second-order valence-electron chi connectivity index (χ2n) is 4.60. The van der Waals surface area contributed by atoms with E-state index in [0.29, 0.717) is 12.1 Å². The number of hydrogen-bond acceptors (Lipinski definition) is 3. The molecule has 10 heteroatoms. The highest BCUT2D eigenvalue weighted by Crippen LogP contribution is 2.35. The summed E-state index contributed by atoms with van der Waals surface area (Å²) < 4.78 is 76.4. The van der Waals surface area contributed by atoms with Gasteiger partial charge in [-0.15, -0.1) is 0 Å². The van der Waals surface area contributed by atoms with E-state index >= 15 is 0 Å². The van der Waals surface area contributed by atoms with Gasteiger partial charge in [-0.3, -0.25) is 0 Å². The van der Waals surface area contributed by atoms with Gasteiger partial charge in [0.15, 0.2) is 0 Å². The van der Waals surface area contributed by atoms with Crippen molar-refractivity contribution in [3.63, 3.8) is 0 Å². The average molecular weight is 340 g/mol. The second-order valence-corrected chi connectivity index (χ2v) is 4.60. The summed E-state index contributed by atoms with van der Waals surface area (Å²) in [6, 6.07) is 1.46. The monoisotopic (exact) mass is 340 g/mol. The Kier molecular flexibility index (Phi) is 5.14. The molecule has 23 heavy (non-hydrogen) atoms. The fourth-order valence-electron chi connectivity index (χ4n) is 1.82. The maximum atomic E-state index is 12.9. The van der Waals surface area contributed by atoms with Crippen LogP contribution < -0.4 is 4.90 Å². The highest BCUT2D eigenvalue weighted by molar-refractivity contribution is 5.78. The van der Waals surface area contributed by atoms with Crippen LogP contribution in [0, 0.1) is 11.3 Å².